The Morgan fingerprint density at radius 1 is 1.26 bits per heavy atom. The van der Waals surface area contributed by atoms with E-state index in [-0.39, 0.29) is 35.9 Å². The third-order valence-electron chi connectivity index (χ3n) is 6.21. The molecule has 0 saturated carbocycles. The van der Waals surface area contributed by atoms with Crippen molar-refractivity contribution in [2.45, 2.75) is 57.5 Å². The van der Waals surface area contributed by atoms with Crippen LogP contribution in [0.4, 0.5) is 0 Å². The van der Waals surface area contributed by atoms with Crippen molar-refractivity contribution in [1.82, 2.24) is 14.9 Å². The van der Waals surface area contributed by atoms with Gasteiger partial charge in [-0.05, 0) is 37.3 Å². The van der Waals surface area contributed by atoms with Crippen molar-refractivity contribution < 1.29 is 9.90 Å². The summed E-state index contributed by atoms with van der Waals surface area (Å²) in [7, 11) is 0. The summed E-state index contributed by atoms with van der Waals surface area (Å²) in [4.78, 5) is 24.1. The van der Waals surface area contributed by atoms with E-state index in [1.54, 1.807) is 12.3 Å². The number of aliphatic hydroxyl groups excluding tert-OH is 1. The third-order valence-corrected chi connectivity index (χ3v) is 6.21. The fourth-order valence-corrected chi connectivity index (χ4v) is 4.92. The van der Waals surface area contributed by atoms with E-state index in [9.17, 15) is 9.90 Å². The zero-order valence-corrected chi connectivity index (χ0v) is 16.0. The number of hydrogen-bond donors (Lipinski definition) is 1. The van der Waals surface area contributed by atoms with Crippen molar-refractivity contribution >= 4 is 5.91 Å². The third kappa shape index (κ3) is 3.14. The highest BCUT2D eigenvalue weighted by Crippen LogP contribution is 2.51. The maximum atomic E-state index is 13.3. The molecule has 2 aliphatic heterocycles. The van der Waals surface area contributed by atoms with Gasteiger partial charge in [0.05, 0.1) is 6.61 Å². The van der Waals surface area contributed by atoms with Crippen LogP contribution in [0.25, 0.3) is 0 Å². The lowest BCUT2D eigenvalue weighted by Crippen LogP contribution is -2.44. The van der Waals surface area contributed by atoms with Gasteiger partial charge < -0.3 is 10.0 Å². The van der Waals surface area contributed by atoms with Crippen molar-refractivity contribution in [1.29, 1.82) is 0 Å². The second-order valence-electron chi connectivity index (χ2n) is 8.30. The molecular weight excluding hydrogens is 338 g/mol. The summed E-state index contributed by atoms with van der Waals surface area (Å²) in [6, 6.07) is 12.3. The number of benzene rings is 1. The number of aromatic nitrogens is 2. The molecule has 3 heterocycles. The first kappa shape index (κ1) is 18.1. The van der Waals surface area contributed by atoms with Gasteiger partial charge in [-0.2, -0.15) is 0 Å². The fourth-order valence-electron chi connectivity index (χ4n) is 4.92. The van der Waals surface area contributed by atoms with Gasteiger partial charge in [-0.3, -0.25) is 4.79 Å². The van der Waals surface area contributed by atoms with Crippen LogP contribution in [0.2, 0.25) is 0 Å². The van der Waals surface area contributed by atoms with Crippen molar-refractivity contribution in [3.8, 4) is 0 Å². The largest absolute Gasteiger partial charge is 0.396 e. The normalized spacial score (nSPS) is 26.7. The van der Waals surface area contributed by atoms with Crippen LogP contribution >= 0.6 is 0 Å². The van der Waals surface area contributed by atoms with E-state index in [4.69, 9.17) is 0 Å². The van der Waals surface area contributed by atoms with Crippen LogP contribution in [-0.4, -0.2) is 44.6 Å². The summed E-state index contributed by atoms with van der Waals surface area (Å²) >= 11 is 0. The van der Waals surface area contributed by atoms with E-state index in [1.807, 2.05) is 36.9 Å². The SMILES string of the molecule is CC(C)c1nccc(C(=O)N2[C@H]3CC[C@@H]2[C@@](CO)(Cc2ccccc2)C3)n1. The first-order valence-electron chi connectivity index (χ1n) is 9.84. The van der Waals surface area contributed by atoms with E-state index >= 15 is 0 Å². The first-order valence-corrected chi connectivity index (χ1v) is 9.84. The average Bonchev–Trinajstić information content (AvgIpc) is 3.24. The van der Waals surface area contributed by atoms with Crippen molar-refractivity contribution in [3.05, 3.63) is 59.7 Å². The molecule has 2 aromatic rings. The lowest BCUT2D eigenvalue weighted by atomic mass is 9.70. The molecule has 1 amide bonds. The van der Waals surface area contributed by atoms with Crippen LogP contribution in [0.3, 0.4) is 0 Å². The summed E-state index contributed by atoms with van der Waals surface area (Å²) in [6.45, 7) is 4.16. The highest BCUT2D eigenvalue weighted by atomic mass is 16.3. The molecule has 2 fully saturated rings. The molecular formula is C22H27N3O2. The van der Waals surface area contributed by atoms with Gasteiger partial charge in [-0.15, -0.1) is 0 Å². The summed E-state index contributed by atoms with van der Waals surface area (Å²) < 4.78 is 0. The standard InChI is InChI=1S/C22H27N3O2/c1-15(2)20-23-11-10-18(24-20)21(27)25-17-8-9-19(25)22(13-17,14-26)12-16-6-4-3-5-7-16/h3-7,10-11,15,17,19,26H,8-9,12-14H2,1-2H3/t17-,19+,22-/m0/s1. The summed E-state index contributed by atoms with van der Waals surface area (Å²) in [5.41, 5.74) is 1.43. The Morgan fingerprint density at radius 2 is 2.04 bits per heavy atom. The molecule has 2 aliphatic rings. The minimum Gasteiger partial charge on any atom is -0.396 e. The maximum Gasteiger partial charge on any atom is 0.273 e. The molecule has 2 bridgehead atoms. The van der Waals surface area contributed by atoms with Crippen molar-refractivity contribution in [2.75, 3.05) is 6.61 Å². The highest BCUT2D eigenvalue weighted by Gasteiger charge is 2.57. The molecule has 1 aromatic heterocycles. The molecule has 4 rings (SSSR count). The minimum atomic E-state index is -0.256. The molecule has 0 unspecified atom stereocenters. The lowest BCUT2D eigenvalue weighted by Gasteiger charge is -2.36. The molecule has 0 aliphatic carbocycles. The fraction of sp³-hybridized carbons (Fsp3) is 0.500. The smallest absolute Gasteiger partial charge is 0.273 e. The van der Waals surface area contributed by atoms with Crippen LogP contribution < -0.4 is 0 Å². The number of hydrogen-bond acceptors (Lipinski definition) is 4. The molecule has 3 atom stereocenters. The van der Waals surface area contributed by atoms with Crippen LogP contribution in [0, 0.1) is 5.41 Å². The summed E-state index contributed by atoms with van der Waals surface area (Å²) in [6.07, 6.45) is 5.30. The highest BCUT2D eigenvalue weighted by molar-refractivity contribution is 5.93. The number of carbonyl (C=O) groups is 1. The molecule has 142 valence electrons. The Hall–Kier alpha value is -2.27. The Morgan fingerprint density at radius 3 is 2.74 bits per heavy atom. The summed E-state index contributed by atoms with van der Waals surface area (Å²) in [5.74, 6) is 0.864. The van der Waals surface area contributed by atoms with Gasteiger partial charge in [-0.1, -0.05) is 44.2 Å². The molecule has 1 N–H and O–H groups in total. The number of carbonyl (C=O) groups excluding carboxylic acids is 1. The zero-order valence-electron chi connectivity index (χ0n) is 16.0. The lowest BCUT2D eigenvalue weighted by molar-refractivity contribution is 0.0566. The van der Waals surface area contributed by atoms with Crippen LogP contribution in [0.5, 0.6) is 0 Å². The molecule has 5 heteroatoms. The van der Waals surface area contributed by atoms with Crippen LogP contribution in [0.1, 0.15) is 60.9 Å². The molecule has 0 spiro atoms. The first-order chi connectivity index (χ1) is 13.0. The van der Waals surface area contributed by atoms with Gasteiger partial charge >= 0.3 is 0 Å². The maximum absolute atomic E-state index is 13.3. The van der Waals surface area contributed by atoms with Gasteiger partial charge in [0.2, 0.25) is 0 Å². The van der Waals surface area contributed by atoms with E-state index in [0.717, 1.165) is 25.7 Å². The van der Waals surface area contributed by atoms with Crippen molar-refractivity contribution in [2.24, 2.45) is 5.41 Å². The molecule has 5 nitrogen and oxygen atoms in total. The molecule has 1 aromatic carbocycles. The van der Waals surface area contributed by atoms with Gasteiger partial charge in [0.25, 0.3) is 5.91 Å². The number of nitrogens with zero attached hydrogens (tertiary/aromatic N) is 3. The van der Waals surface area contributed by atoms with Crippen LogP contribution in [-0.2, 0) is 6.42 Å². The Balaban J connectivity index is 1.61. The topological polar surface area (TPSA) is 66.3 Å². The van der Waals surface area contributed by atoms with Gasteiger partial charge in [0.15, 0.2) is 0 Å². The van der Waals surface area contributed by atoms with E-state index in [0.29, 0.717) is 11.5 Å². The predicted molar refractivity (Wildman–Crippen MR) is 103 cm³/mol. The monoisotopic (exact) mass is 365 g/mol. The molecule has 2 saturated heterocycles. The number of amides is 1. The minimum absolute atomic E-state index is 0.0183. The predicted octanol–water partition coefficient (Wildman–Crippen LogP) is 3.20. The number of rotatable bonds is 5. The Labute approximate surface area is 160 Å². The molecule has 27 heavy (non-hydrogen) atoms. The zero-order chi connectivity index (χ0) is 19.0. The van der Waals surface area contributed by atoms with Crippen LogP contribution in [0.15, 0.2) is 42.6 Å². The van der Waals surface area contributed by atoms with Gasteiger partial charge in [0.1, 0.15) is 11.5 Å². The van der Waals surface area contributed by atoms with Gasteiger partial charge in [-0.25, -0.2) is 9.97 Å². The van der Waals surface area contributed by atoms with E-state index < -0.39 is 0 Å². The van der Waals surface area contributed by atoms with E-state index in [1.165, 1.54) is 5.56 Å². The second-order valence-corrected chi connectivity index (χ2v) is 8.30. The van der Waals surface area contributed by atoms with E-state index in [2.05, 4.69) is 22.1 Å². The Kier molecular flexibility index (Phi) is 4.72. The van der Waals surface area contributed by atoms with Gasteiger partial charge in [0, 0.05) is 29.6 Å². The quantitative estimate of drug-likeness (QED) is 0.884. The number of fused-ring (bicyclic) bond motifs is 2. The summed E-state index contributed by atoms with van der Waals surface area (Å²) in [5, 5.41) is 10.3. The average molecular weight is 365 g/mol. The van der Waals surface area contributed by atoms with Crippen molar-refractivity contribution in [3.63, 3.8) is 0 Å². The Bertz CT molecular complexity index is 823. The number of aliphatic hydroxyl groups is 1. The molecule has 0 radical (unpaired) electrons. The second kappa shape index (κ2) is 7.04.